The van der Waals surface area contributed by atoms with Crippen LogP contribution >= 0.6 is 0 Å². The molecule has 1 aromatic rings. The monoisotopic (exact) mass is 358 g/mol. The predicted octanol–water partition coefficient (Wildman–Crippen LogP) is 1.69. The summed E-state index contributed by atoms with van der Waals surface area (Å²) in [6.07, 6.45) is 7.97. The third kappa shape index (κ3) is 4.43. The number of amides is 2. The van der Waals surface area contributed by atoms with Crippen LogP contribution in [0.25, 0.3) is 0 Å². The summed E-state index contributed by atoms with van der Waals surface area (Å²) in [4.78, 5) is 25.5. The molecule has 2 fully saturated rings. The molecular formula is C20H30N4O2. The number of hydrogen-bond donors (Lipinski definition) is 4. The second-order valence-corrected chi connectivity index (χ2v) is 7.60. The third-order valence-corrected chi connectivity index (χ3v) is 5.69. The van der Waals surface area contributed by atoms with Gasteiger partial charge in [0.15, 0.2) is 0 Å². The molecule has 142 valence electrons. The Morgan fingerprint density at radius 3 is 1.50 bits per heavy atom. The zero-order valence-corrected chi connectivity index (χ0v) is 15.2. The molecule has 4 unspecified atom stereocenters. The standard InChI is InChI=1S/C20H30N4O2/c21-15-9-3-5-11-17(15)23-19(25)13-7-1-2-8-14(13)20(26)24-18-12-6-4-10-16(18)22/h1-2,7-8,15-18H,3-6,9-12,21-22H2,(H,23,25)(H,24,26). The number of carbonyl (C=O) groups excluding carboxylic acids is 2. The minimum Gasteiger partial charge on any atom is -0.348 e. The van der Waals surface area contributed by atoms with Crippen molar-refractivity contribution < 1.29 is 9.59 Å². The van der Waals surface area contributed by atoms with Gasteiger partial charge in [0.25, 0.3) is 11.8 Å². The highest BCUT2D eigenvalue weighted by molar-refractivity contribution is 6.07. The van der Waals surface area contributed by atoms with Gasteiger partial charge in [-0.3, -0.25) is 9.59 Å². The normalized spacial score (nSPS) is 29.0. The first-order chi connectivity index (χ1) is 12.6. The smallest absolute Gasteiger partial charge is 0.252 e. The third-order valence-electron chi connectivity index (χ3n) is 5.69. The van der Waals surface area contributed by atoms with Crippen LogP contribution in [0.3, 0.4) is 0 Å². The number of rotatable bonds is 4. The Bertz CT molecular complexity index is 593. The van der Waals surface area contributed by atoms with Crippen molar-refractivity contribution in [3.05, 3.63) is 35.4 Å². The minimum absolute atomic E-state index is 0.0195. The molecule has 0 bridgehead atoms. The first-order valence-electron chi connectivity index (χ1n) is 9.78. The van der Waals surface area contributed by atoms with E-state index in [1.165, 1.54) is 0 Å². The van der Waals surface area contributed by atoms with E-state index >= 15 is 0 Å². The lowest BCUT2D eigenvalue weighted by atomic mass is 9.90. The average Bonchev–Trinajstić information content (AvgIpc) is 2.65. The van der Waals surface area contributed by atoms with E-state index in [0.29, 0.717) is 11.1 Å². The van der Waals surface area contributed by atoms with Crippen LogP contribution in [0.15, 0.2) is 24.3 Å². The average molecular weight is 358 g/mol. The summed E-state index contributed by atoms with van der Waals surface area (Å²) in [5.41, 5.74) is 13.1. The summed E-state index contributed by atoms with van der Waals surface area (Å²) in [6, 6.07) is 6.84. The Balaban J connectivity index is 1.70. The summed E-state index contributed by atoms with van der Waals surface area (Å²) in [7, 11) is 0. The van der Waals surface area contributed by atoms with Crippen molar-refractivity contribution in [2.45, 2.75) is 75.5 Å². The summed E-state index contributed by atoms with van der Waals surface area (Å²) in [6.45, 7) is 0. The van der Waals surface area contributed by atoms with Crippen molar-refractivity contribution >= 4 is 11.8 Å². The largest absolute Gasteiger partial charge is 0.348 e. The van der Waals surface area contributed by atoms with Crippen LogP contribution in [-0.4, -0.2) is 36.0 Å². The summed E-state index contributed by atoms with van der Waals surface area (Å²) >= 11 is 0. The number of nitrogens with one attached hydrogen (secondary N) is 2. The second kappa shape index (κ2) is 8.64. The quantitative estimate of drug-likeness (QED) is 0.656. The van der Waals surface area contributed by atoms with Crippen molar-refractivity contribution in [2.24, 2.45) is 11.5 Å². The molecule has 0 spiro atoms. The van der Waals surface area contributed by atoms with Gasteiger partial charge >= 0.3 is 0 Å². The molecule has 0 aliphatic heterocycles. The molecule has 0 aromatic heterocycles. The Hall–Kier alpha value is -1.92. The fraction of sp³-hybridized carbons (Fsp3) is 0.600. The summed E-state index contributed by atoms with van der Waals surface area (Å²) in [5, 5.41) is 6.05. The molecule has 3 rings (SSSR count). The molecule has 6 nitrogen and oxygen atoms in total. The number of nitrogens with two attached hydrogens (primary N) is 2. The molecule has 2 saturated carbocycles. The van der Waals surface area contributed by atoms with Crippen LogP contribution in [0.2, 0.25) is 0 Å². The number of carbonyl (C=O) groups is 2. The molecular weight excluding hydrogens is 328 g/mol. The molecule has 1 aromatic carbocycles. The second-order valence-electron chi connectivity index (χ2n) is 7.60. The lowest BCUT2D eigenvalue weighted by Gasteiger charge is -2.30. The van der Waals surface area contributed by atoms with Gasteiger partial charge in [0.2, 0.25) is 0 Å². The van der Waals surface area contributed by atoms with E-state index in [4.69, 9.17) is 11.5 Å². The van der Waals surface area contributed by atoms with E-state index in [-0.39, 0.29) is 36.0 Å². The van der Waals surface area contributed by atoms with Gasteiger partial charge in [-0.1, -0.05) is 37.8 Å². The van der Waals surface area contributed by atoms with Crippen LogP contribution in [0.5, 0.6) is 0 Å². The van der Waals surface area contributed by atoms with Crippen molar-refractivity contribution in [3.8, 4) is 0 Å². The molecule has 6 N–H and O–H groups in total. The zero-order valence-electron chi connectivity index (χ0n) is 15.2. The molecule has 26 heavy (non-hydrogen) atoms. The van der Waals surface area contributed by atoms with Crippen molar-refractivity contribution in [1.82, 2.24) is 10.6 Å². The van der Waals surface area contributed by atoms with E-state index in [1.807, 2.05) is 0 Å². The molecule has 0 saturated heterocycles. The fourth-order valence-corrected chi connectivity index (χ4v) is 4.05. The Morgan fingerprint density at radius 2 is 1.12 bits per heavy atom. The van der Waals surface area contributed by atoms with E-state index in [2.05, 4.69) is 10.6 Å². The number of benzene rings is 1. The SMILES string of the molecule is NC1CCCCC1NC(=O)c1ccccc1C(=O)NC1CCCCC1N. The highest BCUT2D eigenvalue weighted by atomic mass is 16.2. The highest BCUT2D eigenvalue weighted by Gasteiger charge is 2.27. The van der Waals surface area contributed by atoms with Gasteiger partial charge in [0.05, 0.1) is 11.1 Å². The zero-order chi connectivity index (χ0) is 18.5. The lowest BCUT2D eigenvalue weighted by Crippen LogP contribution is -2.50. The molecule has 2 amide bonds. The molecule has 6 heteroatoms. The lowest BCUT2D eigenvalue weighted by molar-refractivity contribution is 0.0886. The first-order valence-corrected chi connectivity index (χ1v) is 9.78. The number of hydrogen-bond acceptors (Lipinski definition) is 4. The molecule has 0 radical (unpaired) electrons. The van der Waals surface area contributed by atoms with Gasteiger partial charge in [-0.2, -0.15) is 0 Å². The molecule has 4 atom stereocenters. The summed E-state index contributed by atoms with van der Waals surface area (Å²) in [5.74, 6) is -0.461. The topological polar surface area (TPSA) is 110 Å². The van der Waals surface area contributed by atoms with Gasteiger partial charge < -0.3 is 22.1 Å². The van der Waals surface area contributed by atoms with Gasteiger partial charge in [-0.15, -0.1) is 0 Å². The van der Waals surface area contributed by atoms with Crippen molar-refractivity contribution in [3.63, 3.8) is 0 Å². The maximum atomic E-state index is 12.8. The van der Waals surface area contributed by atoms with Crippen LogP contribution in [0.1, 0.15) is 72.1 Å². The Kier molecular flexibility index (Phi) is 6.27. The maximum Gasteiger partial charge on any atom is 0.252 e. The minimum atomic E-state index is -0.231. The highest BCUT2D eigenvalue weighted by Crippen LogP contribution is 2.20. The Labute approximate surface area is 155 Å². The molecule has 2 aliphatic carbocycles. The van der Waals surface area contributed by atoms with Crippen molar-refractivity contribution in [1.29, 1.82) is 0 Å². The Morgan fingerprint density at radius 1 is 0.731 bits per heavy atom. The predicted molar refractivity (Wildman–Crippen MR) is 102 cm³/mol. The van der Waals surface area contributed by atoms with Crippen LogP contribution in [0.4, 0.5) is 0 Å². The summed E-state index contributed by atoms with van der Waals surface area (Å²) < 4.78 is 0. The van der Waals surface area contributed by atoms with E-state index in [1.54, 1.807) is 24.3 Å². The van der Waals surface area contributed by atoms with E-state index in [0.717, 1.165) is 51.4 Å². The van der Waals surface area contributed by atoms with Gasteiger partial charge in [0, 0.05) is 24.2 Å². The first kappa shape index (κ1) is 18.9. The van der Waals surface area contributed by atoms with Crippen LogP contribution < -0.4 is 22.1 Å². The molecule has 0 heterocycles. The van der Waals surface area contributed by atoms with Gasteiger partial charge in [-0.05, 0) is 37.8 Å². The van der Waals surface area contributed by atoms with Crippen LogP contribution in [-0.2, 0) is 0 Å². The fourth-order valence-electron chi connectivity index (χ4n) is 4.05. The molecule has 2 aliphatic rings. The van der Waals surface area contributed by atoms with E-state index < -0.39 is 0 Å². The van der Waals surface area contributed by atoms with Gasteiger partial charge in [-0.25, -0.2) is 0 Å². The van der Waals surface area contributed by atoms with E-state index in [9.17, 15) is 9.59 Å². The maximum absolute atomic E-state index is 12.8. The van der Waals surface area contributed by atoms with Crippen molar-refractivity contribution in [2.75, 3.05) is 0 Å². The van der Waals surface area contributed by atoms with Gasteiger partial charge in [0.1, 0.15) is 0 Å². The van der Waals surface area contributed by atoms with Crippen LogP contribution in [0, 0.1) is 0 Å².